The number of rotatable bonds is 6. The van der Waals surface area contributed by atoms with E-state index in [2.05, 4.69) is 14.9 Å². The highest BCUT2D eigenvalue weighted by molar-refractivity contribution is 7.93. The molecule has 30 heavy (non-hydrogen) atoms. The van der Waals surface area contributed by atoms with Crippen LogP contribution in [-0.4, -0.2) is 25.7 Å². The summed E-state index contributed by atoms with van der Waals surface area (Å²) in [5, 5.41) is 4.53. The topological polar surface area (TPSA) is 94.3 Å². The molecule has 0 aliphatic heterocycles. The van der Waals surface area contributed by atoms with E-state index in [1.54, 1.807) is 49.4 Å². The molecule has 0 radical (unpaired) electrons. The number of nitrogens with zero attached hydrogens (tertiary/aromatic N) is 2. The molecule has 0 aliphatic carbocycles. The molecule has 0 amide bonds. The van der Waals surface area contributed by atoms with Gasteiger partial charge in [0.1, 0.15) is 10.6 Å². The van der Waals surface area contributed by atoms with Gasteiger partial charge in [0.2, 0.25) is 5.82 Å². The molecule has 0 fully saturated rings. The van der Waals surface area contributed by atoms with Gasteiger partial charge in [-0.05, 0) is 37.3 Å². The summed E-state index contributed by atoms with van der Waals surface area (Å²) in [5.74, 6) is 1.03. The zero-order valence-electron chi connectivity index (χ0n) is 15.9. The van der Waals surface area contributed by atoms with Crippen molar-refractivity contribution in [2.75, 3.05) is 11.8 Å². The zero-order chi connectivity index (χ0) is 21.3. The first kappa shape index (κ1) is 20.4. The molecule has 0 saturated heterocycles. The molecular weight excluding hydrogens is 446 g/mol. The van der Waals surface area contributed by atoms with E-state index < -0.39 is 10.0 Å². The number of sulfonamides is 1. The van der Waals surface area contributed by atoms with Crippen LogP contribution in [0.15, 0.2) is 64.0 Å². The maximum Gasteiger partial charge on any atom is 0.268 e. The molecule has 0 aliphatic rings. The Morgan fingerprint density at radius 1 is 1.13 bits per heavy atom. The van der Waals surface area contributed by atoms with Crippen molar-refractivity contribution < 1.29 is 17.7 Å². The normalized spacial score (nSPS) is 11.4. The van der Waals surface area contributed by atoms with Crippen molar-refractivity contribution >= 4 is 38.6 Å². The lowest BCUT2D eigenvalue weighted by Crippen LogP contribution is -2.13. The van der Waals surface area contributed by atoms with Crippen molar-refractivity contribution in [1.29, 1.82) is 0 Å². The van der Waals surface area contributed by atoms with Crippen molar-refractivity contribution in [3.63, 3.8) is 0 Å². The number of halogens is 1. The van der Waals surface area contributed by atoms with Crippen LogP contribution in [0.4, 0.5) is 5.69 Å². The number of benzene rings is 2. The highest BCUT2D eigenvalue weighted by Gasteiger charge is 2.24. The SMILES string of the molecule is COc1ccccc1NS(=O)(=O)c1cc(-c2nc(-c3cccc(Cl)c3)no2)sc1C. The Morgan fingerprint density at radius 2 is 1.93 bits per heavy atom. The molecule has 10 heteroatoms. The number of anilines is 1. The summed E-state index contributed by atoms with van der Waals surface area (Å²) >= 11 is 7.27. The minimum Gasteiger partial charge on any atom is -0.495 e. The Labute approximate surface area is 182 Å². The minimum absolute atomic E-state index is 0.135. The third kappa shape index (κ3) is 4.04. The van der Waals surface area contributed by atoms with E-state index in [-0.39, 0.29) is 10.8 Å². The molecular formula is C20H16ClN3O4S2. The van der Waals surface area contributed by atoms with Crippen molar-refractivity contribution in [2.24, 2.45) is 0 Å². The van der Waals surface area contributed by atoms with Crippen LogP contribution in [0, 0.1) is 6.92 Å². The molecule has 0 atom stereocenters. The minimum atomic E-state index is -3.84. The standard InChI is InChI=1S/C20H16ClN3O4S2/c1-12-18(30(25,26)24-15-8-3-4-9-16(15)27-2)11-17(29-12)20-22-19(23-28-20)13-6-5-7-14(21)10-13/h3-11,24H,1-2H3. The molecule has 2 aromatic carbocycles. The molecule has 0 unspecified atom stereocenters. The van der Waals surface area contributed by atoms with Crippen LogP contribution in [0.1, 0.15) is 4.88 Å². The summed E-state index contributed by atoms with van der Waals surface area (Å²) in [4.78, 5) is 5.66. The first-order valence-corrected chi connectivity index (χ1v) is 11.4. The number of nitrogens with one attached hydrogen (secondary N) is 1. The molecule has 0 spiro atoms. The van der Waals surface area contributed by atoms with Gasteiger partial charge >= 0.3 is 0 Å². The summed E-state index contributed by atoms with van der Waals surface area (Å²) in [5.41, 5.74) is 1.06. The van der Waals surface area contributed by atoms with Gasteiger partial charge in [-0.2, -0.15) is 4.98 Å². The molecule has 7 nitrogen and oxygen atoms in total. The number of ether oxygens (including phenoxy) is 1. The Hall–Kier alpha value is -2.88. The number of aryl methyl sites for hydroxylation is 1. The van der Waals surface area contributed by atoms with Crippen molar-refractivity contribution in [1.82, 2.24) is 10.1 Å². The highest BCUT2D eigenvalue weighted by atomic mass is 35.5. The lowest BCUT2D eigenvalue weighted by Gasteiger charge is -2.11. The van der Waals surface area contributed by atoms with E-state index in [1.165, 1.54) is 24.5 Å². The highest BCUT2D eigenvalue weighted by Crippen LogP contribution is 2.35. The smallest absolute Gasteiger partial charge is 0.268 e. The average molecular weight is 462 g/mol. The Balaban J connectivity index is 1.65. The van der Waals surface area contributed by atoms with Gasteiger partial charge in [0.05, 0.1) is 17.7 Å². The van der Waals surface area contributed by atoms with Crippen LogP contribution in [-0.2, 0) is 10.0 Å². The van der Waals surface area contributed by atoms with E-state index in [0.717, 1.165) is 0 Å². The van der Waals surface area contributed by atoms with Gasteiger partial charge in [0.15, 0.2) is 0 Å². The van der Waals surface area contributed by atoms with Gasteiger partial charge < -0.3 is 9.26 Å². The first-order valence-electron chi connectivity index (χ1n) is 8.73. The summed E-state index contributed by atoms with van der Waals surface area (Å²) in [6.07, 6.45) is 0. The first-order chi connectivity index (χ1) is 14.4. The summed E-state index contributed by atoms with van der Waals surface area (Å²) in [6, 6.07) is 15.4. The number of hydrogen-bond donors (Lipinski definition) is 1. The maximum atomic E-state index is 13.0. The third-order valence-electron chi connectivity index (χ3n) is 4.23. The van der Waals surface area contributed by atoms with Crippen molar-refractivity contribution in [3.8, 4) is 27.9 Å². The monoisotopic (exact) mass is 461 g/mol. The lowest BCUT2D eigenvalue weighted by molar-refractivity contribution is 0.417. The number of para-hydroxylation sites is 2. The van der Waals surface area contributed by atoms with Crippen LogP contribution in [0.25, 0.3) is 22.2 Å². The van der Waals surface area contributed by atoms with Gasteiger partial charge in [-0.3, -0.25) is 4.72 Å². The molecule has 0 bridgehead atoms. The lowest BCUT2D eigenvalue weighted by atomic mass is 10.2. The maximum absolute atomic E-state index is 13.0. The quantitative estimate of drug-likeness (QED) is 0.422. The molecule has 4 rings (SSSR count). The van der Waals surface area contributed by atoms with Crippen LogP contribution >= 0.6 is 22.9 Å². The Kier molecular flexibility index (Phi) is 5.50. The molecule has 2 heterocycles. The molecule has 0 saturated carbocycles. The van der Waals surface area contributed by atoms with E-state index in [4.69, 9.17) is 20.9 Å². The Morgan fingerprint density at radius 3 is 2.70 bits per heavy atom. The van der Waals surface area contributed by atoms with Gasteiger partial charge in [0.25, 0.3) is 15.9 Å². The van der Waals surface area contributed by atoms with Crippen LogP contribution < -0.4 is 9.46 Å². The molecule has 4 aromatic rings. The molecule has 154 valence electrons. The fourth-order valence-corrected chi connectivity index (χ4v) is 5.61. The van der Waals surface area contributed by atoms with E-state index in [9.17, 15) is 8.42 Å². The fourth-order valence-electron chi connectivity index (χ4n) is 2.83. The Bertz CT molecular complexity index is 1320. The van der Waals surface area contributed by atoms with E-state index >= 15 is 0 Å². The van der Waals surface area contributed by atoms with Crippen LogP contribution in [0.2, 0.25) is 5.02 Å². The van der Waals surface area contributed by atoms with E-state index in [1.807, 2.05) is 6.07 Å². The van der Waals surface area contributed by atoms with Crippen LogP contribution in [0.3, 0.4) is 0 Å². The number of aromatic nitrogens is 2. The second kappa shape index (κ2) is 8.10. The van der Waals surface area contributed by atoms with Crippen LogP contribution in [0.5, 0.6) is 5.75 Å². The van der Waals surface area contributed by atoms with Crippen molar-refractivity contribution in [2.45, 2.75) is 11.8 Å². The van der Waals surface area contributed by atoms with E-state index in [0.29, 0.717) is 37.6 Å². The largest absolute Gasteiger partial charge is 0.495 e. The predicted molar refractivity (Wildman–Crippen MR) is 117 cm³/mol. The molecule has 2 aromatic heterocycles. The van der Waals surface area contributed by atoms with Gasteiger partial charge in [-0.1, -0.05) is 41.0 Å². The van der Waals surface area contributed by atoms with Gasteiger partial charge in [-0.25, -0.2) is 8.42 Å². The summed E-state index contributed by atoms with van der Waals surface area (Å²) < 4.78 is 39.1. The summed E-state index contributed by atoms with van der Waals surface area (Å²) in [6.45, 7) is 1.72. The average Bonchev–Trinajstić information content (AvgIpc) is 3.35. The zero-order valence-corrected chi connectivity index (χ0v) is 18.3. The number of thiophene rings is 1. The van der Waals surface area contributed by atoms with Crippen molar-refractivity contribution in [3.05, 3.63) is 64.5 Å². The second-order valence-electron chi connectivity index (χ2n) is 6.27. The summed E-state index contributed by atoms with van der Waals surface area (Å²) in [7, 11) is -2.36. The third-order valence-corrected chi connectivity index (χ3v) is 7.13. The fraction of sp³-hybridized carbons (Fsp3) is 0.100. The van der Waals surface area contributed by atoms with Gasteiger partial charge in [0, 0.05) is 15.5 Å². The number of methoxy groups -OCH3 is 1. The number of hydrogen-bond acceptors (Lipinski definition) is 7. The van der Waals surface area contributed by atoms with Gasteiger partial charge in [-0.15, -0.1) is 11.3 Å². The second-order valence-corrected chi connectivity index (χ2v) is 9.61. The molecule has 1 N–H and O–H groups in total. The predicted octanol–water partition coefficient (Wildman–Crippen LogP) is 5.24.